The summed E-state index contributed by atoms with van der Waals surface area (Å²) in [5, 5.41) is 5.86. The number of nitrogens with one attached hydrogen (secondary N) is 1. The first-order valence-electron chi connectivity index (χ1n) is 6.68. The van der Waals surface area contributed by atoms with Gasteiger partial charge >= 0.3 is 5.97 Å². The second kappa shape index (κ2) is 5.85. The molecule has 20 heavy (non-hydrogen) atoms. The zero-order valence-corrected chi connectivity index (χ0v) is 12.2. The van der Waals surface area contributed by atoms with Gasteiger partial charge in [-0.15, -0.1) is 0 Å². The Balaban J connectivity index is 1.84. The Morgan fingerprint density at radius 1 is 1.20 bits per heavy atom. The van der Waals surface area contributed by atoms with Gasteiger partial charge in [-0.25, -0.2) is 0 Å². The van der Waals surface area contributed by atoms with Gasteiger partial charge < -0.3 is 4.74 Å². The molecule has 0 aromatic heterocycles. The summed E-state index contributed by atoms with van der Waals surface area (Å²) in [5.74, 6) is 1.57. The lowest BCUT2D eigenvalue weighted by Crippen LogP contribution is -2.45. The number of benzene rings is 2. The van der Waals surface area contributed by atoms with Crippen molar-refractivity contribution < 1.29 is 9.53 Å². The molecule has 1 heterocycles. The highest BCUT2D eigenvalue weighted by atomic mass is 32.2. The highest BCUT2D eigenvalue weighted by Gasteiger charge is 2.28. The molecule has 2 aromatic carbocycles. The highest BCUT2D eigenvalue weighted by molar-refractivity contribution is 7.99. The molecule has 1 fully saturated rings. The molecule has 3 rings (SSSR count). The molecular formula is C16H17NO2S. The van der Waals surface area contributed by atoms with Crippen LogP contribution in [-0.4, -0.2) is 30.6 Å². The number of hydrogen-bond donors (Lipinski definition) is 1. The van der Waals surface area contributed by atoms with Crippen molar-refractivity contribution in [1.29, 1.82) is 0 Å². The minimum absolute atomic E-state index is 0.178. The van der Waals surface area contributed by atoms with E-state index in [1.54, 1.807) is 11.8 Å². The van der Waals surface area contributed by atoms with Gasteiger partial charge in [0.15, 0.2) is 0 Å². The van der Waals surface area contributed by atoms with Crippen LogP contribution in [0.5, 0.6) is 0 Å². The first-order chi connectivity index (χ1) is 9.78. The molecule has 0 aliphatic carbocycles. The fourth-order valence-corrected chi connectivity index (χ4v) is 3.67. The molecule has 0 bridgehead atoms. The summed E-state index contributed by atoms with van der Waals surface area (Å²) < 4.78 is 4.83. The van der Waals surface area contributed by atoms with E-state index in [9.17, 15) is 4.79 Å². The number of rotatable bonds is 2. The molecule has 104 valence electrons. The Morgan fingerprint density at radius 3 is 2.80 bits per heavy atom. The molecule has 2 unspecified atom stereocenters. The SMILES string of the molecule is COC(=O)C1CSCC(c2ccc3ccccc3c2)N1. The van der Waals surface area contributed by atoms with E-state index in [0.29, 0.717) is 0 Å². The monoisotopic (exact) mass is 287 g/mol. The summed E-state index contributed by atoms with van der Waals surface area (Å²) in [7, 11) is 1.44. The van der Waals surface area contributed by atoms with Crippen molar-refractivity contribution in [1.82, 2.24) is 5.32 Å². The van der Waals surface area contributed by atoms with Crippen LogP contribution in [0.2, 0.25) is 0 Å². The van der Waals surface area contributed by atoms with Gasteiger partial charge in [-0.3, -0.25) is 10.1 Å². The van der Waals surface area contributed by atoms with Crippen LogP contribution in [0.25, 0.3) is 10.8 Å². The molecule has 1 N–H and O–H groups in total. The van der Waals surface area contributed by atoms with Crippen LogP contribution in [0.3, 0.4) is 0 Å². The maximum Gasteiger partial charge on any atom is 0.323 e. The number of esters is 1. The van der Waals surface area contributed by atoms with Crippen LogP contribution in [0, 0.1) is 0 Å². The average molecular weight is 287 g/mol. The predicted molar refractivity (Wildman–Crippen MR) is 83.0 cm³/mol. The molecule has 2 aromatic rings. The van der Waals surface area contributed by atoms with Gasteiger partial charge in [0.2, 0.25) is 0 Å². The van der Waals surface area contributed by atoms with E-state index in [2.05, 4.69) is 35.6 Å². The molecule has 1 saturated heterocycles. The molecule has 0 spiro atoms. The number of methoxy groups -OCH3 is 1. The summed E-state index contributed by atoms with van der Waals surface area (Å²) in [6.45, 7) is 0. The van der Waals surface area contributed by atoms with E-state index in [4.69, 9.17) is 4.74 Å². The second-order valence-electron chi connectivity index (χ2n) is 4.94. The predicted octanol–water partition coefficient (Wildman–Crippen LogP) is 2.76. The molecule has 0 amide bonds. The van der Waals surface area contributed by atoms with E-state index >= 15 is 0 Å². The van der Waals surface area contributed by atoms with E-state index in [-0.39, 0.29) is 18.1 Å². The molecule has 1 aliphatic heterocycles. The lowest BCUT2D eigenvalue weighted by Gasteiger charge is -2.29. The van der Waals surface area contributed by atoms with E-state index < -0.39 is 0 Å². The zero-order valence-electron chi connectivity index (χ0n) is 11.3. The summed E-state index contributed by atoms with van der Waals surface area (Å²) in [4.78, 5) is 11.7. The smallest absolute Gasteiger partial charge is 0.323 e. The lowest BCUT2D eigenvalue weighted by atomic mass is 10.0. The maximum atomic E-state index is 11.7. The van der Waals surface area contributed by atoms with Gasteiger partial charge in [-0.2, -0.15) is 11.8 Å². The van der Waals surface area contributed by atoms with Crippen molar-refractivity contribution >= 4 is 28.5 Å². The van der Waals surface area contributed by atoms with Gasteiger partial charge in [-0.1, -0.05) is 36.4 Å². The fraction of sp³-hybridized carbons (Fsp3) is 0.312. The van der Waals surface area contributed by atoms with Crippen molar-refractivity contribution in [3.05, 3.63) is 48.0 Å². The Kier molecular flexibility index (Phi) is 3.94. The first-order valence-corrected chi connectivity index (χ1v) is 7.84. The first kappa shape index (κ1) is 13.5. The number of carbonyl (C=O) groups is 1. The zero-order chi connectivity index (χ0) is 13.9. The van der Waals surface area contributed by atoms with Crippen molar-refractivity contribution in [2.75, 3.05) is 18.6 Å². The maximum absolute atomic E-state index is 11.7. The molecule has 2 atom stereocenters. The van der Waals surface area contributed by atoms with Gasteiger partial charge in [0.25, 0.3) is 0 Å². The third kappa shape index (κ3) is 2.67. The van der Waals surface area contributed by atoms with E-state index in [0.717, 1.165) is 11.5 Å². The van der Waals surface area contributed by atoms with Gasteiger partial charge in [0.05, 0.1) is 7.11 Å². The minimum atomic E-state index is -0.213. The molecule has 1 aliphatic rings. The quantitative estimate of drug-likeness (QED) is 0.862. The number of fused-ring (bicyclic) bond motifs is 1. The third-order valence-corrected chi connectivity index (χ3v) is 4.77. The van der Waals surface area contributed by atoms with E-state index in [1.165, 1.54) is 23.4 Å². The van der Waals surface area contributed by atoms with E-state index in [1.807, 2.05) is 12.1 Å². The molecule has 4 heteroatoms. The summed E-state index contributed by atoms with van der Waals surface area (Å²) in [5.41, 5.74) is 1.23. The lowest BCUT2D eigenvalue weighted by molar-refractivity contribution is -0.142. The fourth-order valence-electron chi connectivity index (χ4n) is 2.54. The van der Waals surface area contributed by atoms with Crippen LogP contribution in [-0.2, 0) is 9.53 Å². The number of thioether (sulfide) groups is 1. The largest absolute Gasteiger partial charge is 0.468 e. The standard InChI is InChI=1S/C16H17NO2S/c1-19-16(18)15-10-20-9-14(17-15)13-7-6-11-4-2-3-5-12(11)8-13/h2-8,14-15,17H,9-10H2,1H3. The minimum Gasteiger partial charge on any atom is -0.468 e. The van der Waals surface area contributed by atoms with Gasteiger partial charge in [-0.05, 0) is 22.4 Å². The van der Waals surface area contributed by atoms with Crippen LogP contribution in [0.4, 0.5) is 0 Å². The average Bonchev–Trinajstić information content (AvgIpc) is 2.53. The summed E-state index contributed by atoms with van der Waals surface area (Å²) in [6, 6.07) is 14.8. The summed E-state index contributed by atoms with van der Waals surface area (Å²) >= 11 is 1.79. The second-order valence-corrected chi connectivity index (χ2v) is 6.01. The van der Waals surface area contributed by atoms with Crippen LogP contribution >= 0.6 is 11.8 Å². The molecule has 0 saturated carbocycles. The molecule has 3 nitrogen and oxygen atoms in total. The number of hydrogen-bond acceptors (Lipinski definition) is 4. The van der Waals surface area contributed by atoms with Crippen LogP contribution in [0.1, 0.15) is 11.6 Å². The Bertz CT molecular complexity index is 629. The van der Waals surface area contributed by atoms with Gasteiger partial charge in [0.1, 0.15) is 6.04 Å². The Hall–Kier alpha value is -1.52. The normalized spacial score (nSPS) is 22.6. The third-order valence-electron chi connectivity index (χ3n) is 3.63. The van der Waals surface area contributed by atoms with Crippen LogP contribution < -0.4 is 5.32 Å². The number of carbonyl (C=O) groups excluding carboxylic acids is 1. The van der Waals surface area contributed by atoms with Crippen molar-refractivity contribution in [2.24, 2.45) is 0 Å². The number of ether oxygens (including phenoxy) is 1. The Labute approximate surface area is 122 Å². The van der Waals surface area contributed by atoms with Gasteiger partial charge in [0, 0.05) is 17.5 Å². The molecule has 0 radical (unpaired) electrons. The molecular weight excluding hydrogens is 270 g/mol. The van der Waals surface area contributed by atoms with Crippen LogP contribution in [0.15, 0.2) is 42.5 Å². The van der Waals surface area contributed by atoms with Crippen molar-refractivity contribution in [3.8, 4) is 0 Å². The van der Waals surface area contributed by atoms with Crippen molar-refractivity contribution in [3.63, 3.8) is 0 Å². The topological polar surface area (TPSA) is 38.3 Å². The highest BCUT2D eigenvalue weighted by Crippen LogP contribution is 2.27. The van der Waals surface area contributed by atoms with Crippen molar-refractivity contribution in [2.45, 2.75) is 12.1 Å². The Morgan fingerprint density at radius 2 is 2.00 bits per heavy atom. The summed E-state index contributed by atoms with van der Waals surface area (Å²) in [6.07, 6.45) is 0.